The summed E-state index contributed by atoms with van der Waals surface area (Å²) in [4.78, 5) is 12.0. The molecule has 1 aromatic carbocycles. The number of rotatable bonds is 8. The number of hydrogen-bond donors (Lipinski definition) is 1. The molecule has 7 heteroatoms. The average Bonchev–Trinajstić information content (AvgIpc) is 2.43. The lowest BCUT2D eigenvalue weighted by molar-refractivity contribution is -0.145. The predicted octanol–water partition coefficient (Wildman–Crippen LogP) is 2.85. The summed E-state index contributed by atoms with van der Waals surface area (Å²) < 4.78 is 32.6. The van der Waals surface area contributed by atoms with Crippen molar-refractivity contribution in [2.45, 2.75) is 44.0 Å². The first-order valence-corrected chi connectivity index (χ1v) is 9.13. The number of esters is 1. The van der Waals surface area contributed by atoms with Crippen LogP contribution in [0.3, 0.4) is 0 Å². The highest BCUT2D eigenvalue weighted by Crippen LogP contribution is 2.21. The van der Waals surface area contributed by atoms with Gasteiger partial charge in [-0.1, -0.05) is 31.9 Å². The second-order valence-corrected chi connectivity index (χ2v) is 7.04. The minimum Gasteiger partial charge on any atom is -0.465 e. The van der Waals surface area contributed by atoms with E-state index in [-0.39, 0.29) is 11.5 Å². The van der Waals surface area contributed by atoms with Crippen molar-refractivity contribution in [3.63, 3.8) is 0 Å². The topological polar surface area (TPSA) is 72.5 Å². The number of halogens is 1. The van der Waals surface area contributed by atoms with E-state index >= 15 is 0 Å². The van der Waals surface area contributed by atoms with Crippen molar-refractivity contribution in [3.05, 3.63) is 28.7 Å². The molecule has 1 unspecified atom stereocenters. The zero-order valence-corrected chi connectivity index (χ0v) is 14.5. The van der Waals surface area contributed by atoms with Gasteiger partial charge in [-0.3, -0.25) is 4.79 Å². The normalized spacial score (nSPS) is 12.9. The Kier molecular flexibility index (Phi) is 7.34. The van der Waals surface area contributed by atoms with Gasteiger partial charge in [-0.05, 0) is 41.4 Å². The third-order valence-electron chi connectivity index (χ3n) is 2.84. The molecular formula is C14H20BrNO4S. The molecule has 21 heavy (non-hydrogen) atoms. The van der Waals surface area contributed by atoms with E-state index in [1.165, 1.54) is 6.07 Å². The van der Waals surface area contributed by atoms with E-state index in [2.05, 4.69) is 20.7 Å². The molecule has 0 aromatic heterocycles. The van der Waals surface area contributed by atoms with Gasteiger partial charge in [0, 0.05) is 4.47 Å². The Labute approximate surface area is 134 Å². The molecule has 1 N–H and O–H groups in total. The number of sulfonamides is 1. The van der Waals surface area contributed by atoms with Crippen LogP contribution in [0.4, 0.5) is 0 Å². The Morgan fingerprint density at radius 1 is 1.33 bits per heavy atom. The summed E-state index contributed by atoms with van der Waals surface area (Å²) in [5.41, 5.74) is 0. The quantitative estimate of drug-likeness (QED) is 0.706. The Bertz CT molecular complexity index is 574. The van der Waals surface area contributed by atoms with E-state index in [1.807, 2.05) is 6.92 Å². The average molecular weight is 378 g/mol. The van der Waals surface area contributed by atoms with Crippen LogP contribution in [0.1, 0.15) is 33.1 Å². The summed E-state index contributed by atoms with van der Waals surface area (Å²) in [6.07, 6.45) is 2.02. The summed E-state index contributed by atoms with van der Waals surface area (Å²) in [6.45, 7) is 3.89. The van der Waals surface area contributed by atoms with Gasteiger partial charge in [0.2, 0.25) is 10.0 Å². The standard InChI is InChI=1S/C14H20BrNO4S/c1-3-5-9-12(14(17)20-4-2)16-21(18,19)13-10-7-6-8-11(13)15/h6-8,10,12,16H,3-5,9H2,1-2H3. The minimum absolute atomic E-state index is 0.107. The monoisotopic (exact) mass is 377 g/mol. The van der Waals surface area contributed by atoms with Crippen LogP contribution in [0.2, 0.25) is 0 Å². The number of carbonyl (C=O) groups is 1. The maximum absolute atomic E-state index is 12.4. The molecule has 0 aliphatic carbocycles. The Morgan fingerprint density at radius 2 is 2.00 bits per heavy atom. The van der Waals surface area contributed by atoms with Crippen LogP contribution in [0.25, 0.3) is 0 Å². The maximum Gasteiger partial charge on any atom is 0.324 e. The van der Waals surface area contributed by atoms with Crippen molar-refractivity contribution in [2.75, 3.05) is 6.61 Å². The fourth-order valence-electron chi connectivity index (χ4n) is 1.79. The third kappa shape index (κ3) is 5.41. The Hall–Kier alpha value is -0.920. The first-order chi connectivity index (χ1) is 9.92. The van der Waals surface area contributed by atoms with Crippen molar-refractivity contribution < 1.29 is 17.9 Å². The molecule has 1 atom stereocenters. The van der Waals surface area contributed by atoms with Crippen molar-refractivity contribution in [2.24, 2.45) is 0 Å². The lowest BCUT2D eigenvalue weighted by Gasteiger charge is -2.17. The second-order valence-electron chi connectivity index (χ2n) is 4.50. The molecule has 0 spiro atoms. The van der Waals surface area contributed by atoms with E-state index in [1.54, 1.807) is 25.1 Å². The van der Waals surface area contributed by atoms with Gasteiger partial charge in [0.15, 0.2) is 0 Å². The summed E-state index contributed by atoms with van der Waals surface area (Å²) in [6, 6.07) is 5.62. The lowest BCUT2D eigenvalue weighted by Crippen LogP contribution is -2.41. The summed E-state index contributed by atoms with van der Waals surface area (Å²) in [7, 11) is -3.78. The molecule has 1 aromatic rings. The van der Waals surface area contributed by atoms with Crippen molar-refractivity contribution in [1.82, 2.24) is 4.72 Å². The first kappa shape index (κ1) is 18.1. The molecule has 0 aliphatic rings. The molecule has 5 nitrogen and oxygen atoms in total. The summed E-state index contributed by atoms with van der Waals surface area (Å²) in [5.74, 6) is -0.540. The van der Waals surface area contributed by atoms with Crippen LogP contribution < -0.4 is 4.72 Å². The molecule has 0 fully saturated rings. The van der Waals surface area contributed by atoms with Gasteiger partial charge in [0.1, 0.15) is 6.04 Å². The van der Waals surface area contributed by atoms with Crippen LogP contribution in [0.15, 0.2) is 33.6 Å². The van der Waals surface area contributed by atoms with Crippen LogP contribution in [-0.4, -0.2) is 27.0 Å². The van der Waals surface area contributed by atoms with E-state index in [0.717, 1.165) is 12.8 Å². The highest BCUT2D eigenvalue weighted by atomic mass is 79.9. The number of nitrogens with one attached hydrogen (secondary N) is 1. The molecule has 0 saturated carbocycles. The van der Waals surface area contributed by atoms with Gasteiger partial charge in [-0.25, -0.2) is 8.42 Å². The van der Waals surface area contributed by atoms with Crippen LogP contribution in [-0.2, 0) is 19.6 Å². The van der Waals surface area contributed by atoms with Crippen molar-refractivity contribution in [3.8, 4) is 0 Å². The second kappa shape index (κ2) is 8.51. The van der Waals surface area contributed by atoms with Crippen molar-refractivity contribution in [1.29, 1.82) is 0 Å². The van der Waals surface area contributed by atoms with Crippen molar-refractivity contribution >= 4 is 31.9 Å². The van der Waals surface area contributed by atoms with Gasteiger partial charge < -0.3 is 4.74 Å². The van der Waals surface area contributed by atoms with Crippen LogP contribution in [0, 0.1) is 0 Å². The molecule has 1 rings (SSSR count). The van der Waals surface area contributed by atoms with Crippen LogP contribution >= 0.6 is 15.9 Å². The SMILES string of the molecule is CCCCC(NS(=O)(=O)c1ccccc1Br)C(=O)OCC. The molecule has 0 amide bonds. The Morgan fingerprint density at radius 3 is 2.57 bits per heavy atom. The van der Waals surface area contributed by atoms with Gasteiger partial charge >= 0.3 is 5.97 Å². The molecular weight excluding hydrogens is 358 g/mol. The van der Waals surface area contributed by atoms with Gasteiger partial charge in [0.25, 0.3) is 0 Å². The van der Waals surface area contributed by atoms with E-state index in [0.29, 0.717) is 10.9 Å². The first-order valence-electron chi connectivity index (χ1n) is 6.85. The third-order valence-corrected chi connectivity index (χ3v) is 5.32. The largest absolute Gasteiger partial charge is 0.465 e. The summed E-state index contributed by atoms with van der Waals surface area (Å²) in [5, 5.41) is 0. The van der Waals surface area contributed by atoms with E-state index < -0.39 is 22.0 Å². The maximum atomic E-state index is 12.4. The minimum atomic E-state index is -3.78. The van der Waals surface area contributed by atoms with E-state index in [9.17, 15) is 13.2 Å². The smallest absolute Gasteiger partial charge is 0.324 e. The number of benzene rings is 1. The van der Waals surface area contributed by atoms with E-state index in [4.69, 9.17) is 4.74 Å². The Balaban J connectivity index is 2.95. The lowest BCUT2D eigenvalue weighted by atomic mass is 10.1. The van der Waals surface area contributed by atoms with Gasteiger partial charge in [-0.2, -0.15) is 4.72 Å². The van der Waals surface area contributed by atoms with Gasteiger partial charge in [-0.15, -0.1) is 0 Å². The number of unbranched alkanes of at least 4 members (excludes halogenated alkanes) is 1. The fourth-order valence-corrected chi connectivity index (χ4v) is 4.01. The molecule has 0 saturated heterocycles. The molecule has 0 heterocycles. The van der Waals surface area contributed by atoms with Gasteiger partial charge in [0.05, 0.1) is 11.5 Å². The zero-order chi connectivity index (χ0) is 15.9. The molecule has 0 aliphatic heterocycles. The number of hydrogen-bond acceptors (Lipinski definition) is 4. The number of carbonyl (C=O) groups excluding carboxylic acids is 1. The molecule has 118 valence electrons. The molecule has 0 radical (unpaired) electrons. The van der Waals surface area contributed by atoms with Crippen LogP contribution in [0.5, 0.6) is 0 Å². The predicted molar refractivity (Wildman–Crippen MR) is 84.4 cm³/mol. The highest BCUT2D eigenvalue weighted by molar-refractivity contribution is 9.10. The summed E-state index contributed by atoms with van der Waals surface area (Å²) >= 11 is 3.21. The number of ether oxygens (including phenoxy) is 1. The highest BCUT2D eigenvalue weighted by Gasteiger charge is 2.27. The zero-order valence-electron chi connectivity index (χ0n) is 12.1. The fraction of sp³-hybridized carbons (Fsp3) is 0.500. The molecule has 0 bridgehead atoms.